The van der Waals surface area contributed by atoms with Gasteiger partial charge in [-0.3, -0.25) is 14.7 Å². The fraction of sp³-hybridized carbons (Fsp3) is 0.684. The number of aliphatic imine (C=N–C) groups is 1. The Hall–Kier alpha value is -0.870. The van der Waals surface area contributed by atoms with Crippen LogP contribution in [0.5, 0.6) is 0 Å². The van der Waals surface area contributed by atoms with Crippen molar-refractivity contribution in [3.05, 3.63) is 22.4 Å². The van der Waals surface area contributed by atoms with Gasteiger partial charge in [0.2, 0.25) is 5.91 Å². The molecule has 1 aromatic heterocycles. The summed E-state index contributed by atoms with van der Waals surface area (Å²) in [6.45, 7) is 10.5. The van der Waals surface area contributed by atoms with Gasteiger partial charge in [-0.2, -0.15) is 0 Å². The molecule has 3 N–H and O–H groups in total. The summed E-state index contributed by atoms with van der Waals surface area (Å²) in [5.41, 5.74) is 0.0351. The second-order valence-electron chi connectivity index (χ2n) is 7.42. The average molecular weight is 507 g/mol. The van der Waals surface area contributed by atoms with Gasteiger partial charge in [0.05, 0.1) is 13.1 Å². The van der Waals surface area contributed by atoms with Crippen molar-refractivity contribution in [1.29, 1.82) is 0 Å². The standard InChI is InChI=1S/C19H33N5OS.HI/c1-5-21-18(22-14-19(2,3)16-7-6-12-26-16)23-15-8-10-24(11-9-15)13-17(25)20-4;/h6-7,12,15H,5,8-11,13-14H2,1-4H3,(H,20,25)(H2,21,22,23);1H. The van der Waals surface area contributed by atoms with Crippen LogP contribution in [0.25, 0.3) is 0 Å². The Bertz CT molecular complexity index is 583. The van der Waals surface area contributed by atoms with E-state index < -0.39 is 0 Å². The Morgan fingerprint density at radius 2 is 2.07 bits per heavy atom. The quantitative estimate of drug-likeness (QED) is 0.301. The summed E-state index contributed by atoms with van der Waals surface area (Å²) in [4.78, 5) is 19.9. The van der Waals surface area contributed by atoms with Crippen LogP contribution < -0.4 is 16.0 Å². The molecule has 154 valence electrons. The normalized spacial score (nSPS) is 16.5. The van der Waals surface area contributed by atoms with E-state index in [-0.39, 0.29) is 35.3 Å². The second kappa shape index (κ2) is 11.9. The molecule has 6 nitrogen and oxygen atoms in total. The highest BCUT2D eigenvalue weighted by Gasteiger charge is 2.23. The van der Waals surface area contributed by atoms with Crippen LogP contribution in [-0.2, 0) is 10.2 Å². The third-order valence-electron chi connectivity index (χ3n) is 4.74. The molecule has 0 radical (unpaired) electrons. The lowest BCUT2D eigenvalue weighted by Gasteiger charge is -2.32. The minimum atomic E-state index is 0. The van der Waals surface area contributed by atoms with Gasteiger partial charge in [-0.25, -0.2) is 0 Å². The molecule has 0 spiro atoms. The fourth-order valence-corrected chi connectivity index (χ4v) is 3.89. The average Bonchev–Trinajstić information content (AvgIpc) is 3.17. The number of halogens is 1. The van der Waals surface area contributed by atoms with Gasteiger partial charge >= 0.3 is 0 Å². The molecular weight excluding hydrogens is 473 g/mol. The number of nitrogens with one attached hydrogen (secondary N) is 3. The van der Waals surface area contributed by atoms with E-state index in [0.717, 1.165) is 45.0 Å². The number of amides is 1. The van der Waals surface area contributed by atoms with Crippen molar-refractivity contribution >= 4 is 47.2 Å². The Morgan fingerprint density at radius 1 is 1.37 bits per heavy atom. The first-order valence-electron chi connectivity index (χ1n) is 9.46. The van der Waals surface area contributed by atoms with Crippen LogP contribution in [0, 0.1) is 0 Å². The summed E-state index contributed by atoms with van der Waals surface area (Å²) in [5, 5.41) is 11.8. The second-order valence-corrected chi connectivity index (χ2v) is 8.37. The number of likely N-dealkylation sites (tertiary alicyclic amines) is 1. The zero-order chi connectivity index (χ0) is 19.0. The summed E-state index contributed by atoms with van der Waals surface area (Å²) in [5.74, 6) is 0.976. The molecule has 1 amide bonds. The fourth-order valence-electron chi connectivity index (χ4n) is 3.05. The molecule has 0 aromatic carbocycles. The van der Waals surface area contributed by atoms with E-state index >= 15 is 0 Å². The maximum Gasteiger partial charge on any atom is 0.233 e. The van der Waals surface area contributed by atoms with E-state index in [0.29, 0.717) is 12.6 Å². The Labute approximate surface area is 184 Å². The zero-order valence-corrected chi connectivity index (χ0v) is 20.0. The van der Waals surface area contributed by atoms with Crippen molar-refractivity contribution < 1.29 is 4.79 Å². The number of hydrogen-bond acceptors (Lipinski definition) is 4. The van der Waals surface area contributed by atoms with Crippen LogP contribution in [0.3, 0.4) is 0 Å². The highest BCUT2D eigenvalue weighted by atomic mass is 127. The van der Waals surface area contributed by atoms with E-state index in [1.807, 2.05) is 0 Å². The summed E-state index contributed by atoms with van der Waals surface area (Å²) < 4.78 is 0. The van der Waals surface area contributed by atoms with Crippen LogP contribution in [0.15, 0.2) is 22.5 Å². The Balaban J connectivity index is 0.00000364. The lowest BCUT2D eigenvalue weighted by molar-refractivity contribution is -0.122. The topological polar surface area (TPSA) is 68.8 Å². The van der Waals surface area contributed by atoms with E-state index in [4.69, 9.17) is 4.99 Å². The number of nitrogens with zero attached hydrogens (tertiary/aromatic N) is 2. The SMILES string of the molecule is CCNC(=NCC(C)(C)c1cccs1)NC1CCN(CC(=O)NC)CC1.I. The molecule has 27 heavy (non-hydrogen) atoms. The molecule has 1 aliphatic heterocycles. The van der Waals surface area contributed by atoms with Crippen LogP contribution in [-0.4, -0.2) is 62.6 Å². The molecule has 0 bridgehead atoms. The molecular formula is C19H34IN5OS. The van der Waals surface area contributed by atoms with Crippen molar-refractivity contribution in [3.63, 3.8) is 0 Å². The number of carbonyl (C=O) groups excluding carboxylic acids is 1. The van der Waals surface area contributed by atoms with Crippen LogP contribution in [0.1, 0.15) is 38.5 Å². The molecule has 1 aromatic rings. The molecule has 2 rings (SSSR count). The van der Waals surface area contributed by atoms with Crippen molar-refractivity contribution in [2.24, 2.45) is 4.99 Å². The minimum Gasteiger partial charge on any atom is -0.358 e. The van der Waals surface area contributed by atoms with Crippen molar-refractivity contribution in [2.45, 2.75) is 45.1 Å². The molecule has 0 aliphatic carbocycles. The smallest absolute Gasteiger partial charge is 0.233 e. The monoisotopic (exact) mass is 507 g/mol. The number of carbonyl (C=O) groups is 1. The predicted molar refractivity (Wildman–Crippen MR) is 125 cm³/mol. The van der Waals surface area contributed by atoms with Crippen LogP contribution >= 0.6 is 35.3 Å². The lowest BCUT2D eigenvalue weighted by atomic mass is 9.92. The maximum absolute atomic E-state index is 11.5. The van der Waals surface area contributed by atoms with Gasteiger partial charge in [0.15, 0.2) is 5.96 Å². The van der Waals surface area contributed by atoms with Gasteiger partial charge in [-0.1, -0.05) is 19.9 Å². The third-order valence-corrected chi connectivity index (χ3v) is 5.98. The largest absolute Gasteiger partial charge is 0.358 e. The van der Waals surface area contributed by atoms with E-state index in [1.54, 1.807) is 18.4 Å². The van der Waals surface area contributed by atoms with Crippen LogP contribution in [0.4, 0.5) is 0 Å². The molecule has 1 aliphatic rings. The summed E-state index contributed by atoms with van der Waals surface area (Å²) in [6, 6.07) is 4.68. The number of likely N-dealkylation sites (N-methyl/N-ethyl adjacent to an activating group) is 1. The maximum atomic E-state index is 11.5. The first-order chi connectivity index (χ1) is 12.4. The van der Waals surface area contributed by atoms with Gasteiger partial charge in [0, 0.05) is 43.0 Å². The molecule has 2 heterocycles. The zero-order valence-electron chi connectivity index (χ0n) is 16.9. The summed E-state index contributed by atoms with van der Waals surface area (Å²) >= 11 is 1.79. The minimum absolute atomic E-state index is 0. The Morgan fingerprint density at radius 3 is 2.63 bits per heavy atom. The summed E-state index contributed by atoms with van der Waals surface area (Å²) in [7, 11) is 1.69. The van der Waals surface area contributed by atoms with Gasteiger partial charge < -0.3 is 16.0 Å². The molecule has 1 saturated heterocycles. The van der Waals surface area contributed by atoms with Crippen LogP contribution in [0.2, 0.25) is 0 Å². The van der Waals surface area contributed by atoms with Gasteiger partial charge in [0.25, 0.3) is 0 Å². The number of hydrogen-bond donors (Lipinski definition) is 3. The van der Waals surface area contributed by atoms with Crippen molar-refractivity contribution in [1.82, 2.24) is 20.9 Å². The molecule has 8 heteroatoms. The Kier molecular flexibility index (Phi) is 10.6. The number of guanidine groups is 1. The number of piperidine rings is 1. The van der Waals surface area contributed by atoms with Gasteiger partial charge in [-0.05, 0) is 31.2 Å². The van der Waals surface area contributed by atoms with Crippen molar-refractivity contribution in [2.75, 3.05) is 39.8 Å². The predicted octanol–water partition coefficient (Wildman–Crippen LogP) is 2.41. The van der Waals surface area contributed by atoms with Gasteiger partial charge in [-0.15, -0.1) is 35.3 Å². The lowest BCUT2D eigenvalue weighted by Crippen LogP contribution is -2.50. The highest BCUT2D eigenvalue weighted by molar-refractivity contribution is 14.0. The first-order valence-corrected chi connectivity index (χ1v) is 10.3. The summed E-state index contributed by atoms with van der Waals surface area (Å²) in [6.07, 6.45) is 2.05. The highest BCUT2D eigenvalue weighted by Crippen LogP contribution is 2.27. The van der Waals surface area contributed by atoms with E-state index in [9.17, 15) is 4.79 Å². The van der Waals surface area contributed by atoms with E-state index in [1.165, 1.54) is 4.88 Å². The van der Waals surface area contributed by atoms with Gasteiger partial charge in [0.1, 0.15) is 0 Å². The molecule has 0 unspecified atom stereocenters. The molecule has 0 saturated carbocycles. The van der Waals surface area contributed by atoms with Crippen molar-refractivity contribution in [3.8, 4) is 0 Å². The first kappa shape index (κ1) is 24.2. The molecule has 1 fully saturated rings. The van der Waals surface area contributed by atoms with E-state index in [2.05, 4.69) is 59.1 Å². The molecule has 0 atom stereocenters. The number of rotatable bonds is 7. The number of thiophene rings is 1. The third kappa shape index (κ3) is 7.95.